The molecule has 2 N–H and O–H groups in total. The number of rotatable bonds is 6. The van der Waals surface area contributed by atoms with E-state index >= 15 is 0 Å². The lowest BCUT2D eigenvalue weighted by molar-refractivity contribution is -0.118. The number of nitrogens with two attached hydrogens (primary N) is 1. The second-order valence-electron chi connectivity index (χ2n) is 6.54. The van der Waals surface area contributed by atoms with Gasteiger partial charge in [-0.25, -0.2) is 0 Å². The number of amides is 1. The van der Waals surface area contributed by atoms with Gasteiger partial charge in [-0.05, 0) is 45.4 Å². The van der Waals surface area contributed by atoms with Gasteiger partial charge >= 0.3 is 0 Å². The third-order valence-electron chi connectivity index (χ3n) is 2.20. The van der Waals surface area contributed by atoms with Crippen molar-refractivity contribution in [1.82, 2.24) is 0 Å². The minimum atomic E-state index is -0.196. The lowest BCUT2D eigenvalue weighted by Crippen LogP contribution is -2.20. The highest BCUT2D eigenvalue weighted by Crippen LogP contribution is 2.09. The maximum Gasteiger partial charge on any atom is 0.217 e. The Labute approximate surface area is 141 Å². The molecule has 0 aromatic heterocycles. The summed E-state index contributed by atoms with van der Waals surface area (Å²) in [5.74, 6) is 1.14. The quantitative estimate of drug-likeness (QED) is 0.671. The average Bonchev–Trinajstić information content (AvgIpc) is 2.40. The summed E-state index contributed by atoms with van der Waals surface area (Å²) < 4.78 is 5.54. The van der Waals surface area contributed by atoms with E-state index in [0.29, 0.717) is 12.3 Å². The smallest absolute Gasteiger partial charge is 0.217 e. The molecule has 22 heavy (non-hydrogen) atoms. The van der Waals surface area contributed by atoms with E-state index in [9.17, 15) is 4.79 Å². The topological polar surface area (TPSA) is 52.3 Å². The van der Waals surface area contributed by atoms with E-state index in [1.165, 1.54) is 0 Å². The van der Waals surface area contributed by atoms with Crippen molar-refractivity contribution in [1.29, 1.82) is 0 Å². The van der Waals surface area contributed by atoms with Gasteiger partial charge in [-0.15, -0.1) is 0 Å². The Morgan fingerprint density at radius 3 is 1.45 bits per heavy atom. The largest absolute Gasteiger partial charge is 0.376 e. The number of hydrogen-bond donors (Lipinski definition) is 1. The molecule has 0 aliphatic rings. The summed E-state index contributed by atoms with van der Waals surface area (Å²) in [4.78, 5) is 10.1. The maximum atomic E-state index is 10.1. The van der Waals surface area contributed by atoms with Crippen LogP contribution in [0.25, 0.3) is 0 Å². The first-order valence-electron chi connectivity index (χ1n) is 8.97. The van der Waals surface area contributed by atoms with Crippen LogP contribution in [0.3, 0.4) is 0 Å². The van der Waals surface area contributed by atoms with Gasteiger partial charge in [0.15, 0.2) is 0 Å². The molecule has 0 fully saturated rings. The molecule has 0 atom stereocenters. The highest BCUT2D eigenvalue weighted by atomic mass is 16.5. The third kappa shape index (κ3) is 50.5. The molecule has 0 bridgehead atoms. The van der Waals surface area contributed by atoms with Crippen LogP contribution in [0.2, 0.25) is 0 Å². The van der Waals surface area contributed by atoms with E-state index in [1.807, 2.05) is 27.7 Å². The van der Waals surface area contributed by atoms with Gasteiger partial charge in [-0.2, -0.15) is 0 Å². The van der Waals surface area contributed by atoms with E-state index in [-0.39, 0.29) is 11.5 Å². The molecule has 0 rings (SSSR count). The number of primary amides is 1. The zero-order valence-electron chi connectivity index (χ0n) is 17.4. The van der Waals surface area contributed by atoms with Crippen LogP contribution >= 0.6 is 0 Å². The Balaban J connectivity index is -0.000000121. The van der Waals surface area contributed by atoms with Crippen LogP contribution in [0.4, 0.5) is 0 Å². The van der Waals surface area contributed by atoms with Crippen LogP contribution in [-0.2, 0) is 9.53 Å². The molecular weight excluding hydrogens is 274 g/mol. The normalized spacial score (nSPS) is 9.86. The fourth-order valence-corrected chi connectivity index (χ4v) is 1.03. The standard InChI is InChI=1S/C9H20O.C6H13NO.2C2H6/c1-8(2)6-7-10-9(3,4)5;1-5(2)3-4-6(7)8;2*1-2/h8H,6-7H2,1-5H3;5H,3-4H2,1-2H3,(H2,7,8);2*1-2H3. The first-order valence-corrected chi connectivity index (χ1v) is 8.97. The van der Waals surface area contributed by atoms with Gasteiger partial charge in [-0.1, -0.05) is 55.4 Å². The molecule has 0 saturated carbocycles. The van der Waals surface area contributed by atoms with Gasteiger partial charge in [0, 0.05) is 13.0 Å². The number of hydrogen-bond acceptors (Lipinski definition) is 2. The van der Waals surface area contributed by atoms with Crippen molar-refractivity contribution in [2.75, 3.05) is 6.61 Å². The number of carbonyl (C=O) groups is 1. The molecule has 0 saturated heterocycles. The summed E-state index contributed by atoms with van der Waals surface area (Å²) in [5, 5.41) is 0. The molecule has 0 unspecified atom stereocenters. The van der Waals surface area contributed by atoms with Crippen molar-refractivity contribution in [3.8, 4) is 0 Å². The monoisotopic (exact) mass is 319 g/mol. The average molecular weight is 320 g/mol. The highest BCUT2D eigenvalue weighted by molar-refractivity contribution is 5.73. The Morgan fingerprint density at radius 1 is 0.909 bits per heavy atom. The lowest BCUT2D eigenvalue weighted by atomic mass is 10.1. The zero-order valence-corrected chi connectivity index (χ0v) is 17.4. The highest BCUT2D eigenvalue weighted by Gasteiger charge is 2.09. The lowest BCUT2D eigenvalue weighted by Gasteiger charge is -2.19. The van der Waals surface area contributed by atoms with Crippen LogP contribution in [0, 0.1) is 11.8 Å². The second kappa shape index (κ2) is 20.4. The summed E-state index contributed by atoms with van der Waals surface area (Å²) in [6.07, 6.45) is 2.60. The fourth-order valence-electron chi connectivity index (χ4n) is 1.03. The van der Waals surface area contributed by atoms with Gasteiger partial charge < -0.3 is 10.5 Å². The Kier molecular flexibility index (Phi) is 27.3. The molecule has 0 aromatic rings. The summed E-state index contributed by atoms with van der Waals surface area (Å²) >= 11 is 0. The predicted octanol–water partition coefficient (Wildman–Crippen LogP) is 5.81. The minimum absolute atomic E-state index is 0.0366. The Morgan fingerprint density at radius 2 is 1.27 bits per heavy atom. The molecule has 0 radical (unpaired) electrons. The SMILES string of the molecule is CC.CC.CC(C)CCC(N)=O.CC(C)CCOC(C)(C)C. The molecule has 0 spiro atoms. The van der Waals surface area contributed by atoms with Crippen molar-refractivity contribution in [3.63, 3.8) is 0 Å². The van der Waals surface area contributed by atoms with Gasteiger partial charge in [-0.3, -0.25) is 4.79 Å². The van der Waals surface area contributed by atoms with E-state index in [1.54, 1.807) is 0 Å². The third-order valence-corrected chi connectivity index (χ3v) is 2.20. The molecule has 1 amide bonds. The van der Waals surface area contributed by atoms with Crippen LogP contribution in [0.1, 0.15) is 95.4 Å². The van der Waals surface area contributed by atoms with E-state index < -0.39 is 0 Å². The Bertz CT molecular complexity index is 206. The fraction of sp³-hybridized carbons (Fsp3) is 0.947. The summed E-state index contributed by atoms with van der Waals surface area (Å²) in [6.45, 7) is 23.7. The van der Waals surface area contributed by atoms with Crippen LogP contribution < -0.4 is 5.73 Å². The molecule has 0 aromatic carbocycles. The van der Waals surface area contributed by atoms with Crippen molar-refractivity contribution >= 4 is 5.91 Å². The van der Waals surface area contributed by atoms with Crippen LogP contribution in [0.5, 0.6) is 0 Å². The second-order valence-corrected chi connectivity index (χ2v) is 6.54. The van der Waals surface area contributed by atoms with Crippen LogP contribution in [0.15, 0.2) is 0 Å². The molecule has 3 nitrogen and oxygen atoms in total. The van der Waals surface area contributed by atoms with Crippen molar-refractivity contribution in [3.05, 3.63) is 0 Å². The summed E-state index contributed by atoms with van der Waals surface area (Å²) in [5.41, 5.74) is 4.94. The maximum absolute atomic E-state index is 10.1. The first-order chi connectivity index (χ1) is 10.0. The summed E-state index contributed by atoms with van der Waals surface area (Å²) in [6, 6.07) is 0. The number of ether oxygens (including phenoxy) is 1. The summed E-state index contributed by atoms with van der Waals surface area (Å²) in [7, 11) is 0. The van der Waals surface area contributed by atoms with Crippen molar-refractivity contribution in [2.24, 2.45) is 17.6 Å². The predicted molar refractivity (Wildman–Crippen MR) is 101 cm³/mol. The zero-order chi connectivity index (χ0) is 18.8. The van der Waals surface area contributed by atoms with E-state index in [4.69, 9.17) is 10.5 Å². The van der Waals surface area contributed by atoms with Crippen molar-refractivity contribution in [2.45, 2.75) is 101 Å². The van der Waals surface area contributed by atoms with Gasteiger partial charge in [0.1, 0.15) is 0 Å². The van der Waals surface area contributed by atoms with Gasteiger partial charge in [0.05, 0.1) is 5.60 Å². The Hall–Kier alpha value is -0.570. The van der Waals surface area contributed by atoms with E-state index in [2.05, 4.69) is 48.5 Å². The molecule has 138 valence electrons. The minimum Gasteiger partial charge on any atom is -0.376 e. The first kappa shape index (κ1) is 29.4. The molecular formula is C19H45NO2. The number of carbonyl (C=O) groups excluding carboxylic acids is 1. The van der Waals surface area contributed by atoms with Gasteiger partial charge in [0.2, 0.25) is 5.91 Å². The van der Waals surface area contributed by atoms with Crippen LogP contribution in [-0.4, -0.2) is 18.1 Å². The van der Waals surface area contributed by atoms with Crippen molar-refractivity contribution < 1.29 is 9.53 Å². The molecule has 0 heterocycles. The molecule has 0 aliphatic heterocycles. The molecule has 3 heteroatoms. The van der Waals surface area contributed by atoms with Gasteiger partial charge in [0.25, 0.3) is 0 Å². The van der Waals surface area contributed by atoms with E-state index in [0.717, 1.165) is 25.4 Å². The molecule has 0 aliphatic carbocycles.